The van der Waals surface area contributed by atoms with Crippen molar-refractivity contribution in [2.24, 2.45) is 0 Å². The lowest BCUT2D eigenvalue weighted by Gasteiger charge is -2.14. The van der Waals surface area contributed by atoms with E-state index in [4.69, 9.17) is 21.1 Å². The van der Waals surface area contributed by atoms with Gasteiger partial charge in [-0.2, -0.15) is 15.1 Å². The average molecular weight is 458 g/mol. The highest BCUT2D eigenvalue weighted by molar-refractivity contribution is 6.33. The van der Waals surface area contributed by atoms with Crippen LogP contribution in [0.5, 0.6) is 11.8 Å². The zero-order chi connectivity index (χ0) is 22.1. The number of anilines is 1. The van der Waals surface area contributed by atoms with E-state index < -0.39 is 11.6 Å². The number of nitrogens with one attached hydrogen (secondary N) is 2. The smallest absolute Gasteiger partial charge is 0.326 e. The predicted octanol–water partition coefficient (Wildman–Crippen LogP) is 5.33. The van der Waals surface area contributed by atoms with E-state index in [0.29, 0.717) is 39.7 Å². The molecule has 7 nitrogen and oxygen atoms in total. The van der Waals surface area contributed by atoms with E-state index in [9.17, 15) is 8.78 Å². The molecule has 0 aliphatic carbocycles. The Morgan fingerprint density at radius 1 is 1.19 bits per heavy atom. The number of nitrogens with zero attached hydrogens (tertiary/aromatic N) is 3. The van der Waals surface area contributed by atoms with E-state index in [2.05, 4.69) is 25.5 Å². The van der Waals surface area contributed by atoms with Gasteiger partial charge in [0.15, 0.2) is 17.2 Å². The second-order valence-corrected chi connectivity index (χ2v) is 7.73. The molecule has 1 unspecified atom stereocenters. The minimum Gasteiger partial charge on any atom is -0.421 e. The zero-order valence-corrected chi connectivity index (χ0v) is 17.5. The van der Waals surface area contributed by atoms with Gasteiger partial charge >= 0.3 is 6.01 Å². The highest BCUT2D eigenvalue weighted by Gasteiger charge is 2.22. The third-order valence-electron chi connectivity index (χ3n) is 5.14. The molecule has 0 spiro atoms. The first-order chi connectivity index (χ1) is 15.6. The highest BCUT2D eigenvalue weighted by atomic mass is 35.5. The maximum Gasteiger partial charge on any atom is 0.326 e. The van der Waals surface area contributed by atoms with Gasteiger partial charge in [-0.25, -0.2) is 8.78 Å². The molecule has 1 saturated heterocycles. The molecule has 1 fully saturated rings. The molecule has 2 aromatic carbocycles. The van der Waals surface area contributed by atoms with Crippen LogP contribution in [0.2, 0.25) is 5.02 Å². The topological polar surface area (TPSA) is 85.0 Å². The largest absolute Gasteiger partial charge is 0.421 e. The maximum atomic E-state index is 14.1. The van der Waals surface area contributed by atoms with Gasteiger partial charge in [-0.15, -0.1) is 0 Å². The molecule has 0 saturated carbocycles. The van der Waals surface area contributed by atoms with Crippen LogP contribution in [0.15, 0.2) is 42.5 Å². The number of fused-ring (bicyclic) bond motifs is 1. The quantitative estimate of drug-likeness (QED) is 0.407. The van der Waals surface area contributed by atoms with Gasteiger partial charge in [-0.05, 0) is 31.0 Å². The van der Waals surface area contributed by atoms with E-state index in [1.807, 2.05) is 18.2 Å². The summed E-state index contributed by atoms with van der Waals surface area (Å²) in [5.41, 5.74) is 1.66. The van der Waals surface area contributed by atoms with Gasteiger partial charge in [0, 0.05) is 24.8 Å². The van der Waals surface area contributed by atoms with E-state index in [-0.39, 0.29) is 17.9 Å². The Labute approximate surface area is 186 Å². The summed E-state index contributed by atoms with van der Waals surface area (Å²) in [6.07, 6.45) is 1.99. The lowest BCUT2D eigenvalue weighted by Crippen LogP contribution is -2.19. The maximum absolute atomic E-state index is 14.1. The molecular weight excluding hydrogens is 440 g/mol. The van der Waals surface area contributed by atoms with Crippen LogP contribution in [-0.2, 0) is 4.74 Å². The summed E-state index contributed by atoms with van der Waals surface area (Å²) in [5.74, 6) is -1.32. The van der Waals surface area contributed by atoms with Gasteiger partial charge < -0.3 is 14.8 Å². The summed E-state index contributed by atoms with van der Waals surface area (Å²) in [7, 11) is 0. The number of ether oxygens (including phenoxy) is 2. The summed E-state index contributed by atoms with van der Waals surface area (Å²) < 4.78 is 38.5. The summed E-state index contributed by atoms with van der Waals surface area (Å²) in [6, 6.07) is 10.2. The Kier molecular flexibility index (Phi) is 5.59. The first-order valence-electron chi connectivity index (χ1n) is 10.1. The Hall–Kier alpha value is -3.30. The monoisotopic (exact) mass is 457 g/mol. The van der Waals surface area contributed by atoms with E-state index >= 15 is 0 Å². The molecule has 4 aromatic rings. The van der Waals surface area contributed by atoms with Crippen molar-refractivity contribution in [1.29, 1.82) is 0 Å². The van der Waals surface area contributed by atoms with Crippen LogP contribution in [-0.4, -0.2) is 39.4 Å². The van der Waals surface area contributed by atoms with Gasteiger partial charge in [0.1, 0.15) is 17.3 Å². The summed E-state index contributed by atoms with van der Waals surface area (Å²) in [5, 5.41) is 11.7. The predicted molar refractivity (Wildman–Crippen MR) is 116 cm³/mol. The molecule has 32 heavy (non-hydrogen) atoms. The van der Waals surface area contributed by atoms with Crippen molar-refractivity contribution in [3.63, 3.8) is 0 Å². The van der Waals surface area contributed by atoms with Crippen molar-refractivity contribution < 1.29 is 18.3 Å². The fourth-order valence-corrected chi connectivity index (χ4v) is 3.83. The van der Waals surface area contributed by atoms with E-state index in [0.717, 1.165) is 31.6 Å². The summed E-state index contributed by atoms with van der Waals surface area (Å²) in [6.45, 7) is 1.24. The van der Waals surface area contributed by atoms with E-state index in [1.165, 1.54) is 6.07 Å². The Morgan fingerprint density at radius 2 is 2.06 bits per heavy atom. The number of benzene rings is 2. The van der Waals surface area contributed by atoms with Crippen LogP contribution in [0, 0.1) is 11.6 Å². The van der Waals surface area contributed by atoms with Gasteiger partial charge in [0.05, 0.1) is 16.5 Å². The molecule has 1 aliphatic rings. The summed E-state index contributed by atoms with van der Waals surface area (Å²) >= 11 is 6.39. The van der Waals surface area contributed by atoms with Crippen molar-refractivity contribution in [2.45, 2.75) is 18.9 Å². The third-order valence-corrected chi connectivity index (χ3v) is 5.47. The van der Waals surface area contributed by atoms with E-state index in [1.54, 1.807) is 6.07 Å². The van der Waals surface area contributed by atoms with Crippen molar-refractivity contribution in [3.8, 4) is 23.0 Å². The minimum atomic E-state index is -0.857. The van der Waals surface area contributed by atoms with Gasteiger partial charge in [-0.1, -0.05) is 29.8 Å². The number of aromatic nitrogens is 4. The van der Waals surface area contributed by atoms with Crippen LogP contribution in [0.1, 0.15) is 12.8 Å². The Bertz CT molecular complexity index is 1280. The molecule has 1 atom stereocenters. The van der Waals surface area contributed by atoms with Crippen LogP contribution in [0.25, 0.3) is 22.3 Å². The van der Waals surface area contributed by atoms with Crippen molar-refractivity contribution >= 4 is 28.5 Å². The lowest BCUT2D eigenvalue weighted by atomic mass is 10.1. The lowest BCUT2D eigenvalue weighted by molar-refractivity contribution is 0.120. The SMILES string of the molecule is Fc1ccc(Oc2nc(NCC3CCCO3)c3c(-c4ccccc4Cl)n[nH]c3n2)c(F)c1. The van der Waals surface area contributed by atoms with Crippen molar-refractivity contribution in [3.05, 3.63) is 59.1 Å². The number of H-pyrrole nitrogens is 1. The minimum absolute atomic E-state index is 0.0505. The number of hydrogen-bond donors (Lipinski definition) is 2. The molecule has 0 radical (unpaired) electrons. The van der Waals surface area contributed by atoms with Crippen molar-refractivity contribution in [2.75, 3.05) is 18.5 Å². The zero-order valence-electron chi connectivity index (χ0n) is 16.7. The molecule has 1 aliphatic heterocycles. The molecule has 3 heterocycles. The normalized spacial score (nSPS) is 15.9. The summed E-state index contributed by atoms with van der Waals surface area (Å²) in [4.78, 5) is 8.77. The van der Waals surface area contributed by atoms with Crippen LogP contribution >= 0.6 is 11.6 Å². The second kappa shape index (κ2) is 8.68. The highest BCUT2D eigenvalue weighted by Crippen LogP contribution is 2.36. The Morgan fingerprint density at radius 3 is 2.84 bits per heavy atom. The second-order valence-electron chi connectivity index (χ2n) is 7.32. The molecule has 2 aromatic heterocycles. The first kappa shape index (κ1) is 20.6. The van der Waals surface area contributed by atoms with Crippen LogP contribution in [0.4, 0.5) is 14.6 Å². The number of aromatic amines is 1. The Balaban J connectivity index is 1.57. The van der Waals surface area contributed by atoms with Gasteiger partial charge in [-0.3, -0.25) is 5.10 Å². The fourth-order valence-electron chi connectivity index (χ4n) is 3.60. The molecule has 10 heteroatoms. The van der Waals surface area contributed by atoms with Gasteiger partial charge in [0.25, 0.3) is 0 Å². The molecule has 0 bridgehead atoms. The van der Waals surface area contributed by atoms with Gasteiger partial charge in [0.2, 0.25) is 0 Å². The standard InChI is InChI=1S/C22H18ClF2N5O2/c23-15-6-2-1-5-14(15)19-18-20(26-11-13-4-3-9-31-13)27-22(28-21(18)30-29-19)32-17-8-7-12(24)10-16(17)25/h1-2,5-8,10,13H,3-4,9,11H2,(H2,26,27,28,29,30). The number of rotatable bonds is 6. The number of hydrogen-bond acceptors (Lipinski definition) is 6. The van der Waals surface area contributed by atoms with Crippen LogP contribution < -0.4 is 10.1 Å². The first-order valence-corrected chi connectivity index (χ1v) is 10.5. The van der Waals surface area contributed by atoms with Crippen molar-refractivity contribution in [1.82, 2.24) is 20.2 Å². The number of halogens is 3. The fraction of sp³-hybridized carbons (Fsp3) is 0.227. The molecule has 0 amide bonds. The molecule has 2 N–H and O–H groups in total. The van der Waals surface area contributed by atoms with Crippen LogP contribution in [0.3, 0.4) is 0 Å². The molecule has 164 valence electrons. The third kappa shape index (κ3) is 4.09. The molecular formula is C22H18ClF2N5O2. The molecule has 5 rings (SSSR count). The average Bonchev–Trinajstić information content (AvgIpc) is 3.44.